The van der Waals surface area contributed by atoms with Crippen LogP contribution in [0.3, 0.4) is 0 Å². The van der Waals surface area contributed by atoms with Crippen molar-refractivity contribution in [1.82, 2.24) is 5.32 Å². The molecule has 0 saturated heterocycles. The van der Waals surface area contributed by atoms with E-state index in [4.69, 9.17) is 14.2 Å². The summed E-state index contributed by atoms with van der Waals surface area (Å²) in [6.45, 7) is 0.208. The van der Waals surface area contributed by atoms with E-state index in [-0.39, 0.29) is 18.8 Å². The lowest BCUT2D eigenvalue weighted by Gasteiger charge is -2.16. The largest absolute Gasteiger partial charge is 0.493 e. The first kappa shape index (κ1) is 21.4. The summed E-state index contributed by atoms with van der Waals surface area (Å²) in [7, 11) is 4.42. The maximum Gasteiger partial charge on any atom is 0.319 e. The molecule has 2 aromatic carbocycles. The van der Waals surface area contributed by atoms with Crippen LogP contribution < -0.4 is 19.5 Å². The zero-order chi connectivity index (χ0) is 21.9. The maximum atomic E-state index is 13.3. The molecule has 7 nitrogen and oxygen atoms in total. The SMILES string of the molecule is COc1cc(C2CC2(C(=O)O)C(=O)NCCc2cccc(F)c2)cc(OC)c1OC. The number of hydrogen-bond donors (Lipinski definition) is 2. The summed E-state index contributed by atoms with van der Waals surface area (Å²) in [5.41, 5.74) is -0.226. The first-order chi connectivity index (χ1) is 14.4. The van der Waals surface area contributed by atoms with Crippen LogP contribution in [0.2, 0.25) is 0 Å². The first-order valence-electron chi connectivity index (χ1n) is 9.43. The van der Waals surface area contributed by atoms with E-state index in [0.29, 0.717) is 29.2 Å². The van der Waals surface area contributed by atoms with E-state index < -0.39 is 23.2 Å². The van der Waals surface area contributed by atoms with Gasteiger partial charge in [-0.2, -0.15) is 0 Å². The quantitative estimate of drug-likeness (QED) is 0.610. The lowest BCUT2D eigenvalue weighted by Crippen LogP contribution is -2.39. The van der Waals surface area contributed by atoms with Crippen molar-refractivity contribution < 1.29 is 33.3 Å². The van der Waals surface area contributed by atoms with Gasteiger partial charge in [0.25, 0.3) is 0 Å². The van der Waals surface area contributed by atoms with Gasteiger partial charge in [0.05, 0.1) is 21.3 Å². The predicted octanol–water partition coefficient (Wildman–Crippen LogP) is 2.77. The molecule has 0 radical (unpaired) electrons. The highest BCUT2D eigenvalue weighted by Gasteiger charge is 2.66. The molecule has 0 aliphatic heterocycles. The number of carboxylic acids is 1. The van der Waals surface area contributed by atoms with Gasteiger partial charge in [-0.1, -0.05) is 12.1 Å². The van der Waals surface area contributed by atoms with Gasteiger partial charge in [0.2, 0.25) is 11.7 Å². The van der Waals surface area contributed by atoms with Crippen LogP contribution >= 0.6 is 0 Å². The smallest absolute Gasteiger partial charge is 0.319 e. The molecular weight excluding hydrogens is 393 g/mol. The number of aliphatic carboxylic acids is 1. The second-order valence-electron chi connectivity index (χ2n) is 7.13. The summed E-state index contributed by atoms with van der Waals surface area (Å²) in [6.07, 6.45) is 0.556. The van der Waals surface area contributed by atoms with E-state index in [1.54, 1.807) is 24.3 Å². The normalized spacial score (nSPS) is 19.7. The Morgan fingerprint density at radius 2 is 1.80 bits per heavy atom. The number of ether oxygens (including phenoxy) is 3. The molecule has 2 N–H and O–H groups in total. The minimum atomic E-state index is -1.56. The number of carbonyl (C=O) groups is 2. The summed E-state index contributed by atoms with van der Waals surface area (Å²) in [5.74, 6) is -1.46. The minimum Gasteiger partial charge on any atom is -0.493 e. The lowest BCUT2D eigenvalue weighted by atomic mass is 9.97. The molecule has 0 aromatic heterocycles. The molecule has 30 heavy (non-hydrogen) atoms. The van der Waals surface area contributed by atoms with Crippen LogP contribution in [0.4, 0.5) is 4.39 Å². The Kier molecular flexibility index (Phi) is 6.14. The van der Waals surface area contributed by atoms with Gasteiger partial charge >= 0.3 is 5.97 Å². The third-order valence-electron chi connectivity index (χ3n) is 5.43. The Labute approximate surface area is 173 Å². The molecule has 1 amide bonds. The van der Waals surface area contributed by atoms with Crippen LogP contribution in [-0.4, -0.2) is 44.9 Å². The van der Waals surface area contributed by atoms with Crippen molar-refractivity contribution in [3.63, 3.8) is 0 Å². The zero-order valence-corrected chi connectivity index (χ0v) is 17.0. The van der Waals surface area contributed by atoms with Gasteiger partial charge in [0.1, 0.15) is 5.82 Å². The molecule has 8 heteroatoms. The van der Waals surface area contributed by atoms with Gasteiger partial charge in [0.15, 0.2) is 16.9 Å². The standard InChI is InChI=1S/C22H24FNO6/c1-28-17-10-14(11-18(29-2)19(17)30-3)16-12-22(16,21(26)27)20(25)24-8-7-13-5-4-6-15(23)9-13/h4-6,9-11,16H,7-8,12H2,1-3H3,(H,24,25)(H,26,27). The molecule has 0 heterocycles. The number of amides is 1. The van der Waals surface area contributed by atoms with Gasteiger partial charge < -0.3 is 24.6 Å². The summed E-state index contributed by atoms with van der Waals surface area (Å²) >= 11 is 0. The highest BCUT2D eigenvalue weighted by atomic mass is 19.1. The van der Waals surface area contributed by atoms with E-state index in [9.17, 15) is 19.1 Å². The van der Waals surface area contributed by atoms with Gasteiger partial charge in [-0.05, 0) is 48.2 Å². The third kappa shape index (κ3) is 3.90. The third-order valence-corrected chi connectivity index (χ3v) is 5.43. The Morgan fingerprint density at radius 1 is 1.13 bits per heavy atom. The van der Waals surface area contributed by atoms with Crippen molar-refractivity contribution in [2.45, 2.75) is 18.8 Å². The number of carbonyl (C=O) groups excluding carboxylic acids is 1. The molecule has 1 fully saturated rings. The lowest BCUT2D eigenvalue weighted by molar-refractivity contribution is -0.149. The Bertz CT molecular complexity index is 937. The fourth-order valence-electron chi connectivity index (χ4n) is 3.72. The summed E-state index contributed by atoms with van der Waals surface area (Å²) in [5, 5.41) is 12.5. The zero-order valence-electron chi connectivity index (χ0n) is 17.0. The molecular formula is C22H24FNO6. The average molecular weight is 417 g/mol. The molecule has 160 valence electrons. The van der Waals surface area contributed by atoms with Crippen LogP contribution in [0.25, 0.3) is 0 Å². The molecule has 2 unspecified atom stereocenters. The molecule has 0 bridgehead atoms. The van der Waals surface area contributed by atoms with E-state index in [2.05, 4.69) is 5.32 Å². The molecule has 2 aromatic rings. The highest BCUT2D eigenvalue weighted by Crippen LogP contribution is 2.61. The molecule has 1 saturated carbocycles. The Balaban J connectivity index is 1.77. The Morgan fingerprint density at radius 3 is 2.33 bits per heavy atom. The number of methoxy groups -OCH3 is 3. The summed E-state index contributed by atoms with van der Waals surface area (Å²) in [6, 6.07) is 9.39. The van der Waals surface area contributed by atoms with Crippen LogP contribution in [0.5, 0.6) is 17.2 Å². The van der Waals surface area contributed by atoms with Crippen molar-refractivity contribution in [1.29, 1.82) is 0 Å². The predicted molar refractivity (Wildman–Crippen MR) is 107 cm³/mol. The van der Waals surface area contributed by atoms with Gasteiger partial charge in [0, 0.05) is 12.5 Å². The van der Waals surface area contributed by atoms with Gasteiger partial charge in [-0.3, -0.25) is 9.59 Å². The number of hydrogen-bond acceptors (Lipinski definition) is 5. The van der Waals surface area contributed by atoms with Gasteiger partial charge in [-0.25, -0.2) is 4.39 Å². The van der Waals surface area contributed by atoms with E-state index in [1.807, 2.05) is 0 Å². The van der Waals surface area contributed by atoms with Crippen molar-refractivity contribution >= 4 is 11.9 Å². The van der Waals surface area contributed by atoms with E-state index in [1.165, 1.54) is 33.5 Å². The molecule has 1 aliphatic carbocycles. The van der Waals surface area contributed by atoms with Gasteiger partial charge in [-0.15, -0.1) is 0 Å². The number of nitrogens with one attached hydrogen (secondary N) is 1. The van der Waals surface area contributed by atoms with Crippen LogP contribution in [-0.2, 0) is 16.0 Å². The van der Waals surface area contributed by atoms with Crippen LogP contribution in [0, 0.1) is 11.2 Å². The van der Waals surface area contributed by atoms with E-state index in [0.717, 1.165) is 5.56 Å². The van der Waals surface area contributed by atoms with Crippen molar-refractivity contribution in [2.24, 2.45) is 5.41 Å². The maximum absolute atomic E-state index is 13.3. The molecule has 0 spiro atoms. The van der Waals surface area contributed by atoms with E-state index >= 15 is 0 Å². The second-order valence-corrected chi connectivity index (χ2v) is 7.13. The fraction of sp³-hybridized carbons (Fsp3) is 0.364. The van der Waals surface area contributed by atoms with Crippen molar-refractivity contribution in [2.75, 3.05) is 27.9 Å². The number of rotatable bonds is 9. The number of halogens is 1. The molecule has 1 aliphatic rings. The molecule has 3 rings (SSSR count). The highest BCUT2D eigenvalue weighted by molar-refractivity contribution is 6.06. The van der Waals surface area contributed by atoms with Crippen LogP contribution in [0.1, 0.15) is 23.5 Å². The summed E-state index contributed by atoms with van der Waals surface area (Å²) in [4.78, 5) is 24.8. The topological polar surface area (TPSA) is 94.1 Å². The fourth-order valence-corrected chi connectivity index (χ4v) is 3.72. The number of benzene rings is 2. The second kappa shape index (κ2) is 8.61. The van der Waals surface area contributed by atoms with Crippen molar-refractivity contribution in [3.05, 3.63) is 53.3 Å². The van der Waals surface area contributed by atoms with Crippen molar-refractivity contribution in [3.8, 4) is 17.2 Å². The monoisotopic (exact) mass is 417 g/mol. The first-order valence-corrected chi connectivity index (χ1v) is 9.43. The van der Waals surface area contributed by atoms with Crippen LogP contribution in [0.15, 0.2) is 36.4 Å². The minimum absolute atomic E-state index is 0.159. The molecule has 2 atom stereocenters. The average Bonchev–Trinajstić information content (AvgIpc) is 3.50. The number of carboxylic acid groups (broad SMARTS) is 1. The summed E-state index contributed by atoms with van der Waals surface area (Å²) < 4.78 is 29.2. The Hall–Kier alpha value is -3.29.